The molecule has 1 aliphatic rings. The first-order chi connectivity index (χ1) is 6.53. The van der Waals surface area contributed by atoms with Gasteiger partial charge in [0.05, 0.1) is 19.1 Å². The number of hydrogen-bond acceptors (Lipinski definition) is 2. The summed E-state index contributed by atoms with van der Waals surface area (Å²) < 4.78 is 40.6. The van der Waals surface area contributed by atoms with E-state index in [1.54, 1.807) is 0 Å². The summed E-state index contributed by atoms with van der Waals surface area (Å²) in [6.45, 7) is 0.279. The van der Waals surface area contributed by atoms with Crippen molar-refractivity contribution in [1.82, 2.24) is 0 Å². The van der Waals surface area contributed by atoms with Gasteiger partial charge >= 0.3 is 6.18 Å². The Kier molecular flexibility index (Phi) is 4.19. The van der Waals surface area contributed by atoms with Crippen molar-refractivity contribution in [2.45, 2.75) is 38.0 Å². The minimum Gasteiger partial charge on any atom is -0.378 e. The van der Waals surface area contributed by atoms with E-state index in [-0.39, 0.29) is 18.6 Å². The molecule has 2 unspecified atom stereocenters. The van der Waals surface area contributed by atoms with E-state index in [4.69, 9.17) is 10.5 Å². The summed E-state index contributed by atoms with van der Waals surface area (Å²) in [4.78, 5) is 0. The fourth-order valence-electron chi connectivity index (χ4n) is 1.82. The Morgan fingerprint density at radius 2 is 2.00 bits per heavy atom. The van der Waals surface area contributed by atoms with E-state index in [9.17, 15) is 13.2 Å². The second-order valence-electron chi connectivity index (χ2n) is 3.70. The van der Waals surface area contributed by atoms with Crippen LogP contribution in [0.4, 0.5) is 13.2 Å². The predicted octanol–water partition coefficient (Wildman–Crippen LogP) is 2.08. The topological polar surface area (TPSA) is 35.2 Å². The van der Waals surface area contributed by atoms with Crippen LogP contribution in [0, 0.1) is 5.92 Å². The first-order valence-corrected chi connectivity index (χ1v) is 4.91. The average molecular weight is 211 g/mol. The molecule has 84 valence electrons. The van der Waals surface area contributed by atoms with Crippen molar-refractivity contribution in [3.63, 3.8) is 0 Å². The molecule has 2 nitrogen and oxygen atoms in total. The van der Waals surface area contributed by atoms with Crippen molar-refractivity contribution >= 4 is 0 Å². The zero-order valence-electron chi connectivity index (χ0n) is 8.02. The Hall–Kier alpha value is -0.290. The number of halogens is 3. The quantitative estimate of drug-likeness (QED) is 0.772. The lowest BCUT2D eigenvalue weighted by Crippen LogP contribution is -2.26. The number of hydrogen-bond donors (Lipinski definition) is 1. The van der Waals surface area contributed by atoms with Gasteiger partial charge in [-0.25, -0.2) is 0 Å². The van der Waals surface area contributed by atoms with Gasteiger partial charge in [-0.15, -0.1) is 0 Å². The van der Waals surface area contributed by atoms with E-state index in [1.807, 2.05) is 0 Å². The monoisotopic (exact) mass is 211 g/mol. The molecule has 0 heterocycles. The Balaban J connectivity index is 2.18. The molecule has 0 aromatic rings. The van der Waals surface area contributed by atoms with Gasteiger partial charge < -0.3 is 10.5 Å². The number of ether oxygens (including phenoxy) is 1. The maximum atomic E-state index is 11.8. The van der Waals surface area contributed by atoms with Gasteiger partial charge in [0, 0.05) is 0 Å². The molecule has 0 aliphatic heterocycles. The fraction of sp³-hybridized carbons (Fsp3) is 1.00. The molecule has 0 spiro atoms. The largest absolute Gasteiger partial charge is 0.391 e. The van der Waals surface area contributed by atoms with Gasteiger partial charge in [0.15, 0.2) is 0 Å². The van der Waals surface area contributed by atoms with E-state index in [1.165, 1.54) is 0 Å². The van der Waals surface area contributed by atoms with Crippen LogP contribution in [0.25, 0.3) is 0 Å². The van der Waals surface area contributed by atoms with E-state index in [0.29, 0.717) is 6.54 Å². The number of rotatable bonds is 4. The Bertz CT molecular complexity index is 172. The summed E-state index contributed by atoms with van der Waals surface area (Å²) in [5, 5.41) is 0. The van der Waals surface area contributed by atoms with Gasteiger partial charge in [0.25, 0.3) is 0 Å². The van der Waals surface area contributed by atoms with Crippen molar-refractivity contribution in [1.29, 1.82) is 0 Å². The van der Waals surface area contributed by atoms with Gasteiger partial charge in [-0.05, 0) is 25.3 Å². The first kappa shape index (κ1) is 11.8. The lowest BCUT2D eigenvalue weighted by Gasteiger charge is -2.18. The summed E-state index contributed by atoms with van der Waals surface area (Å²) >= 11 is 0. The van der Waals surface area contributed by atoms with Crippen molar-refractivity contribution in [3.05, 3.63) is 0 Å². The van der Waals surface area contributed by atoms with Gasteiger partial charge in [0.2, 0.25) is 0 Å². The number of alkyl halides is 3. The fourth-order valence-corrected chi connectivity index (χ4v) is 1.82. The third kappa shape index (κ3) is 3.84. The highest BCUT2D eigenvalue weighted by molar-refractivity contribution is 4.78. The van der Waals surface area contributed by atoms with Crippen LogP contribution in [0.2, 0.25) is 0 Å². The zero-order chi connectivity index (χ0) is 10.6. The minimum absolute atomic E-state index is 0.0534. The Morgan fingerprint density at radius 3 is 2.57 bits per heavy atom. The summed E-state index contributed by atoms with van der Waals surface area (Å²) in [6.07, 6.45) is -2.19. The van der Waals surface area contributed by atoms with Crippen LogP contribution in [0.1, 0.15) is 25.7 Å². The standard InChI is InChI=1S/C9H16F3NO/c10-9(11,12)4-5-14-8-3-1-2-7(8)6-13/h7-8H,1-6,13H2. The van der Waals surface area contributed by atoms with Crippen LogP contribution in [0.3, 0.4) is 0 Å². The van der Waals surface area contributed by atoms with Crippen molar-refractivity contribution in [2.24, 2.45) is 11.7 Å². The van der Waals surface area contributed by atoms with Crippen LogP contribution in [-0.2, 0) is 4.74 Å². The van der Waals surface area contributed by atoms with Gasteiger partial charge in [0.1, 0.15) is 0 Å². The second-order valence-corrected chi connectivity index (χ2v) is 3.70. The molecule has 5 heteroatoms. The molecule has 0 radical (unpaired) electrons. The summed E-state index contributed by atoms with van der Waals surface area (Å²) in [6, 6.07) is 0. The molecule has 0 aromatic carbocycles. The molecular weight excluding hydrogens is 195 g/mol. The summed E-state index contributed by atoms with van der Waals surface area (Å²) in [7, 11) is 0. The highest BCUT2D eigenvalue weighted by Gasteiger charge is 2.30. The highest BCUT2D eigenvalue weighted by Crippen LogP contribution is 2.28. The lowest BCUT2D eigenvalue weighted by molar-refractivity contribution is -0.150. The molecule has 14 heavy (non-hydrogen) atoms. The van der Waals surface area contributed by atoms with Crippen molar-refractivity contribution in [2.75, 3.05) is 13.2 Å². The third-order valence-corrected chi connectivity index (χ3v) is 2.61. The summed E-state index contributed by atoms with van der Waals surface area (Å²) in [5.74, 6) is 0.253. The van der Waals surface area contributed by atoms with Crippen LogP contribution in [0.5, 0.6) is 0 Å². The first-order valence-electron chi connectivity index (χ1n) is 4.91. The predicted molar refractivity (Wildman–Crippen MR) is 46.8 cm³/mol. The van der Waals surface area contributed by atoms with Crippen molar-refractivity contribution < 1.29 is 17.9 Å². The molecule has 1 saturated carbocycles. The van der Waals surface area contributed by atoms with Crippen LogP contribution >= 0.6 is 0 Å². The summed E-state index contributed by atoms with van der Waals surface area (Å²) in [5.41, 5.74) is 5.48. The molecule has 1 fully saturated rings. The Morgan fingerprint density at radius 1 is 1.29 bits per heavy atom. The molecule has 2 N–H and O–H groups in total. The van der Waals surface area contributed by atoms with E-state index in [2.05, 4.69) is 0 Å². The molecule has 2 atom stereocenters. The molecule has 0 amide bonds. The van der Waals surface area contributed by atoms with E-state index < -0.39 is 12.6 Å². The highest BCUT2D eigenvalue weighted by atomic mass is 19.4. The number of nitrogens with two attached hydrogens (primary N) is 1. The maximum absolute atomic E-state index is 11.8. The van der Waals surface area contributed by atoms with Crippen molar-refractivity contribution in [3.8, 4) is 0 Å². The van der Waals surface area contributed by atoms with Gasteiger partial charge in [-0.1, -0.05) is 6.42 Å². The molecule has 0 saturated heterocycles. The van der Waals surface area contributed by atoms with E-state index in [0.717, 1.165) is 19.3 Å². The maximum Gasteiger partial charge on any atom is 0.391 e. The minimum atomic E-state index is -4.11. The SMILES string of the molecule is NCC1CCCC1OCCC(F)(F)F. The molecule has 0 aromatic heterocycles. The van der Waals surface area contributed by atoms with Crippen LogP contribution in [-0.4, -0.2) is 25.4 Å². The molecule has 1 rings (SSSR count). The van der Waals surface area contributed by atoms with Gasteiger partial charge in [-0.2, -0.15) is 13.2 Å². The van der Waals surface area contributed by atoms with Crippen LogP contribution < -0.4 is 5.73 Å². The zero-order valence-corrected chi connectivity index (χ0v) is 8.02. The third-order valence-electron chi connectivity index (χ3n) is 2.61. The molecular formula is C9H16F3NO. The average Bonchev–Trinajstić information content (AvgIpc) is 2.49. The Labute approximate surface area is 81.6 Å². The molecule has 0 bridgehead atoms. The smallest absolute Gasteiger partial charge is 0.378 e. The van der Waals surface area contributed by atoms with Crippen LogP contribution in [0.15, 0.2) is 0 Å². The molecule has 1 aliphatic carbocycles. The van der Waals surface area contributed by atoms with Gasteiger partial charge in [-0.3, -0.25) is 0 Å². The normalized spacial score (nSPS) is 28.3. The van der Waals surface area contributed by atoms with E-state index >= 15 is 0 Å². The lowest BCUT2D eigenvalue weighted by atomic mass is 10.1. The second kappa shape index (κ2) is 4.98.